The van der Waals surface area contributed by atoms with Gasteiger partial charge in [-0.2, -0.15) is 4.31 Å². The largest absolute Gasteiger partial charge is 0.355 e. The number of sulfonamides is 1. The van der Waals surface area contributed by atoms with E-state index in [2.05, 4.69) is 5.32 Å². The number of hydrogen-bond donors (Lipinski definition) is 1. The highest BCUT2D eigenvalue weighted by atomic mass is 32.2. The number of rotatable bonds is 5. The van der Waals surface area contributed by atoms with Gasteiger partial charge in [0.2, 0.25) is 15.9 Å². The van der Waals surface area contributed by atoms with Gasteiger partial charge >= 0.3 is 0 Å². The van der Waals surface area contributed by atoms with E-state index < -0.39 is 10.0 Å². The third-order valence-corrected chi connectivity index (χ3v) is 6.68. The first-order valence-electron chi connectivity index (χ1n) is 8.92. The quantitative estimate of drug-likeness (QED) is 0.827. The van der Waals surface area contributed by atoms with Crippen molar-refractivity contribution in [3.8, 4) is 0 Å². The molecule has 0 atom stereocenters. The zero-order valence-electron chi connectivity index (χ0n) is 16.1. The third kappa shape index (κ3) is 3.79. The molecule has 1 heterocycles. The number of carbonyl (C=O) groups excluding carboxylic acids is 2. The van der Waals surface area contributed by atoms with Crippen molar-refractivity contribution in [3.05, 3.63) is 59.2 Å². The van der Waals surface area contributed by atoms with Crippen LogP contribution in [0.1, 0.15) is 28.4 Å². The van der Waals surface area contributed by atoms with E-state index >= 15 is 0 Å². The molecule has 0 aromatic heterocycles. The van der Waals surface area contributed by atoms with Crippen LogP contribution in [0.4, 0.5) is 5.69 Å². The Labute approximate surface area is 165 Å². The van der Waals surface area contributed by atoms with Gasteiger partial charge in [0, 0.05) is 45.4 Å². The Morgan fingerprint density at radius 2 is 1.82 bits per heavy atom. The Kier molecular flexibility index (Phi) is 5.53. The summed E-state index contributed by atoms with van der Waals surface area (Å²) in [6.45, 7) is 2.26. The SMILES string of the molecule is CNC(=O)c1ccc(CN(C)S(=O)(=O)c2ccc3c(c2)CCN3C(C)=O)cc1. The highest BCUT2D eigenvalue weighted by Crippen LogP contribution is 2.31. The zero-order valence-corrected chi connectivity index (χ0v) is 16.9. The van der Waals surface area contributed by atoms with E-state index in [1.54, 1.807) is 54.4 Å². The van der Waals surface area contributed by atoms with Crippen molar-refractivity contribution in [3.63, 3.8) is 0 Å². The van der Waals surface area contributed by atoms with Gasteiger partial charge in [0.05, 0.1) is 4.90 Å². The number of benzene rings is 2. The molecule has 0 aliphatic carbocycles. The van der Waals surface area contributed by atoms with Gasteiger partial charge in [-0.25, -0.2) is 8.42 Å². The van der Waals surface area contributed by atoms with E-state index in [9.17, 15) is 18.0 Å². The van der Waals surface area contributed by atoms with Gasteiger partial charge in [0.25, 0.3) is 5.91 Å². The summed E-state index contributed by atoms with van der Waals surface area (Å²) in [5.74, 6) is -0.239. The summed E-state index contributed by atoms with van der Waals surface area (Å²) in [5, 5.41) is 2.55. The maximum atomic E-state index is 13.0. The molecule has 0 fully saturated rings. The van der Waals surface area contributed by atoms with E-state index in [1.807, 2.05) is 0 Å². The number of nitrogens with one attached hydrogen (secondary N) is 1. The topological polar surface area (TPSA) is 86.8 Å². The molecule has 7 nitrogen and oxygen atoms in total. The average Bonchev–Trinajstić information content (AvgIpc) is 3.11. The fraction of sp³-hybridized carbons (Fsp3) is 0.300. The first-order chi connectivity index (χ1) is 13.2. The van der Waals surface area contributed by atoms with Crippen LogP contribution < -0.4 is 10.2 Å². The highest BCUT2D eigenvalue weighted by molar-refractivity contribution is 7.89. The molecule has 148 valence electrons. The Bertz CT molecular complexity index is 1020. The maximum Gasteiger partial charge on any atom is 0.251 e. The predicted molar refractivity (Wildman–Crippen MR) is 107 cm³/mol. The Hall–Kier alpha value is -2.71. The van der Waals surface area contributed by atoms with E-state index in [0.29, 0.717) is 18.5 Å². The summed E-state index contributed by atoms with van der Waals surface area (Å²) in [7, 11) is -0.594. The van der Waals surface area contributed by atoms with Gasteiger partial charge in [-0.05, 0) is 47.9 Å². The van der Waals surface area contributed by atoms with E-state index in [-0.39, 0.29) is 23.3 Å². The van der Waals surface area contributed by atoms with Gasteiger partial charge in [-0.1, -0.05) is 12.1 Å². The minimum absolute atomic E-state index is 0.0494. The third-order valence-electron chi connectivity index (χ3n) is 4.88. The molecule has 1 aliphatic heterocycles. The monoisotopic (exact) mass is 401 g/mol. The minimum Gasteiger partial charge on any atom is -0.355 e. The number of hydrogen-bond acceptors (Lipinski definition) is 4. The summed E-state index contributed by atoms with van der Waals surface area (Å²) in [6.07, 6.45) is 0.642. The standard InChI is InChI=1S/C20H23N3O4S/c1-14(24)23-11-10-17-12-18(8-9-19(17)23)28(26,27)22(3)13-15-4-6-16(7-5-15)20(25)21-2/h4-9,12H,10-11,13H2,1-3H3,(H,21,25). The molecule has 0 saturated carbocycles. The molecular formula is C20H23N3O4S. The number of nitrogens with zero attached hydrogens (tertiary/aromatic N) is 2. The molecule has 0 bridgehead atoms. The molecule has 0 saturated heterocycles. The Morgan fingerprint density at radius 1 is 1.14 bits per heavy atom. The molecule has 8 heteroatoms. The van der Waals surface area contributed by atoms with Crippen molar-refractivity contribution in [2.75, 3.05) is 25.5 Å². The molecule has 2 amide bonds. The molecular weight excluding hydrogens is 378 g/mol. The lowest BCUT2D eigenvalue weighted by Crippen LogP contribution is -2.27. The fourth-order valence-corrected chi connectivity index (χ4v) is 4.50. The average molecular weight is 401 g/mol. The molecule has 2 aromatic carbocycles. The summed E-state index contributed by atoms with van der Waals surface area (Å²) >= 11 is 0. The normalized spacial score (nSPS) is 13.5. The van der Waals surface area contributed by atoms with Crippen LogP contribution >= 0.6 is 0 Å². The number of amides is 2. The van der Waals surface area contributed by atoms with Gasteiger partial charge in [0.1, 0.15) is 0 Å². The van der Waals surface area contributed by atoms with E-state index in [4.69, 9.17) is 0 Å². The minimum atomic E-state index is -3.68. The molecule has 2 aromatic rings. The zero-order chi connectivity index (χ0) is 20.5. The van der Waals surface area contributed by atoms with Gasteiger partial charge in [-0.3, -0.25) is 9.59 Å². The van der Waals surface area contributed by atoms with Crippen LogP contribution in [0, 0.1) is 0 Å². The van der Waals surface area contributed by atoms with Gasteiger partial charge in [0.15, 0.2) is 0 Å². The number of carbonyl (C=O) groups is 2. The molecule has 3 rings (SSSR count). The summed E-state index contributed by atoms with van der Waals surface area (Å²) in [4.78, 5) is 25.1. The summed E-state index contributed by atoms with van der Waals surface area (Å²) in [6, 6.07) is 11.7. The predicted octanol–water partition coefficient (Wildman–Crippen LogP) is 1.78. The lowest BCUT2D eigenvalue weighted by Gasteiger charge is -2.19. The van der Waals surface area contributed by atoms with Crippen LogP contribution in [-0.4, -0.2) is 45.2 Å². The van der Waals surface area contributed by atoms with Crippen molar-refractivity contribution < 1.29 is 18.0 Å². The second kappa shape index (κ2) is 7.73. The van der Waals surface area contributed by atoms with Gasteiger partial charge < -0.3 is 10.2 Å². The van der Waals surface area contributed by atoms with Crippen molar-refractivity contribution in [2.24, 2.45) is 0 Å². The highest BCUT2D eigenvalue weighted by Gasteiger charge is 2.26. The summed E-state index contributed by atoms with van der Waals surface area (Å²) in [5.41, 5.74) is 2.94. The molecule has 1 N–H and O–H groups in total. The Balaban J connectivity index is 1.79. The number of anilines is 1. The van der Waals surface area contributed by atoms with Crippen LogP contribution in [0.25, 0.3) is 0 Å². The Morgan fingerprint density at radius 3 is 2.43 bits per heavy atom. The van der Waals surface area contributed by atoms with Crippen molar-refractivity contribution in [1.82, 2.24) is 9.62 Å². The van der Waals surface area contributed by atoms with Crippen LogP contribution in [0.3, 0.4) is 0 Å². The van der Waals surface area contributed by atoms with Gasteiger partial charge in [-0.15, -0.1) is 0 Å². The molecule has 0 spiro atoms. The molecule has 0 unspecified atom stereocenters. The second-order valence-corrected chi connectivity index (χ2v) is 8.79. The molecule has 28 heavy (non-hydrogen) atoms. The van der Waals surface area contributed by atoms with Crippen LogP contribution in [0.2, 0.25) is 0 Å². The second-order valence-electron chi connectivity index (χ2n) is 6.75. The summed E-state index contributed by atoms with van der Waals surface area (Å²) < 4.78 is 27.2. The lowest BCUT2D eigenvalue weighted by molar-refractivity contribution is -0.116. The van der Waals surface area contributed by atoms with E-state index in [0.717, 1.165) is 16.8 Å². The van der Waals surface area contributed by atoms with Crippen LogP contribution in [0.15, 0.2) is 47.4 Å². The molecule has 0 radical (unpaired) electrons. The molecule has 1 aliphatic rings. The first-order valence-corrected chi connectivity index (χ1v) is 10.4. The number of fused-ring (bicyclic) bond motifs is 1. The van der Waals surface area contributed by atoms with Crippen molar-refractivity contribution in [2.45, 2.75) is 24.8 Å². The first kappa shape index (κ1) is 20.0. The van der Waals surface area contributed by atoms with Crippen LogP contribution in [-0.2, 0) is 27.8 Å². The maximum absolute atomic E-state index is 13.0. The smallest absolute Gasteiger partial charge is 0.251 e. The van der Waals surface area contributed by atoms with Crippen molar-refractivity contribution >= 4 is 27.5 Å². The van der Waals surface area contributed by atoms with Crippen molar-refractivity contribution in [1.29, 1.82) is 0 Å². The fourth-order valence-electron chi connectivity index (χ4n) is 3.29. The van der Waals surface area contributed by atoms with Crippen LogP contribution in [0.5, 0.6) is 0 Å². The lowest BCUT2D eigenvalue weighted by atomic mass is 10.1. The van der Waals surface area contributed by atoms with E-state index in [1.165, 1.54) is 18.3 Å².